The summed E-state index contributed by atoms with van der Waals surface area (Å²) in [7, 11) is -2.37. The molecule has 5 aromatic rings. The number of hydrogen-bond donors (Lipinski definition) is 2. The lowest BCUT2D eigenvalue weighted by atomic mass is 10.2. The molecule has 0 aliphatic heterocycles. The van der Waals surface area contributed by atoms with Crippen molar-refractivity contribution in [2.75, 3.05) is 0 Å². The van der Waals surface area contributed by atoms with E-state index in [1.165, 1.54) is 15.9 Å². The minimum absolute atomic E-state index is 0.655. The third-order valence-electron chi connectivity index (χ3n) is 5.69. The van der Waals surface area contributed by atoms with Crippen LogP contribution < -0.4 is 21.2 Å². The minimum Gasteiger partial charge on any atom is -0.327 e. The van der Waals surface area contributed by atoms with Gasteiger partial charge in [0, 0.05) is 5.56 Å². The molecule has 1 N–H and O–H groups in total. The molecular weight excluding hydrogens is 459 g/mol. The molecule has 2 nitrogen and oxygen atoms in total. The Hall–Kier alpha value is -3.04. The lowest BCUT2D eigenvalue weighted by molar-refractivity contribution is 1.08. The predicted octanol–water partition coefficient (Wildman–Crippen LogP) is 5.71. The van der Waals surface area contributed by atoms with Crippen molar-refractivity contribution in [3.05, 3.63) is 126 Å². The summed E-state index contributed by atoms with van der Waals surface area (Å²) in [5.74, 6) is 0.724. The molecule has 160 valence electrons. The third-order valence-corrected chi connectivity index (χ3v) is 11.0. The summed E-state index contributed by atoms with van der Waals surface area (Å²) in [6.45, 7) is 0. The van der Waals surface area contributed by atoms with E-state index >= 15 is 0 Å². The fraction of sp³-hybridized carbons (Fsp3) is 0. The standard InChI is InChI=1S/C28H21N2PS2/c32-27-25(28(33)30-26(29-27)21-13-5-1-6-14-21)31(22-15-7-2-8-16-22,23-17-9-3-10-18-23)24-19-11-4-12-20-24/h1-20H,(H-,29,30,32,33)/p+1. The second kappa shape index (κ2) is 9.44. The minimum atomic E-state index is -2.37. The zero-order chi connectivity index (χ0) is 22.7. The first-order valence-corrected chi connectivity index (χ1v) is 13.3. The van der Waals surface area contributed by atoms with Gasteiger partial charge < -0.3 is 4.98 Å². The number of aromatic nitrogens is 2. The van der Waals surface area contributed by atoms with Crippen LogP contribution in [0.1, 0.15) is 0 Å². The maximum atomic E-state index is 6.06. The first kappa shape index (κ1) is 21.8. The van der Waals surface area contributed by atoms with Gasteiger partial charge in [-0.1, -0.05) is 97.1 Å². The van der Waals surface area contributed by atoms with E-state index in [0.29, 0.717) is 9.67 Å². The number of rotatable bonds is 5. The van der Waals surface area contributed by atoms with Gasteiger partial charge in [-0.05, 0) is 36.4 Å². The zero-order valence-corrected chi connectivity index (χ0v) is 20.4. The number of hydrogen-bond acceptors (Lipinski definition) is 3. The Kier molecular flexibility index (Phi) is 6.24. The Balaban J connectivity index is 1.89. The van der Waals surface area contributed by atoms with Crippen LogP contribution in [-0.2, 0) is 0 Å². The number of nitrogens with zero attached hydrogens (tertiary/aromatic N) is 1. The maximum Gasteiger partial charge on any atom is 0.176 e. The van der Waals surface area contributed by atoms with Crippen LogP contribution in [0.2, 0.25) is 0 Å². The van der Waals surface area contributed by atoms with Crippen LogP contribution in [0.4, 0.5) is 0 Å². The van der Waals surface area contributed by atoms with Crippen molar-refractivity contribution >= 4 is 53.3 Å². The average molecular weight is 482 g/mol. The first-order valence-electron chi connectivity index (χ1n) is 10.7. The van der Waals surface area contributed by atoms with E-state index in [2.05, 4.69) is 77.8 Å². The fourth-order valence-corrected chi connectivity index (χ4v) is 9.86. The fourth-order valence-electron chi connectivity index (χ4n) is 4.28. The lowest BCUT2D eigenvalue weighted by Crippen LogP contribution is -2.40. The van der Waals surface area contributed by atoms with Crippen LogP contribution in [0.15, 0.2) is 126 Å². The second-order valence-corrected chi connectivity index (χ2v) is 11.8. The average Bonchev–Trinajstić information content (AvgIpc) is 2.88. The van der Waals surface area contributed by atoms with Crippen molar-refractivity contribution in [3.8, 4) is 11.4 Å². The molecule has 0 fully saturated rings. The topological polar surface area (TPSA) is 28.7 Å². The highest BCUT2D eigenvalue weighted by molar-refractivity contribution is 8.02. The molecule has 0 aliphatic rings. The molecule has 33 heavy (non-hydrogen) atoms. The van der Waals surface area contributed by atoms with Crippen molar-refractivity contribution in [1.29, 1.82) is 0 Å². The predicted molar refractivity (Wildman–Crippen MR) is 147 cm³/mol. The van der Waals surface area contributed by atoms with Crippen LogP contribution >= 0.6 is 32.1 Å². The van der Waals surface area contributed by atoms with Crippen LogP contribution in [0.25, 0.3) is 11.4 Å². The molecule has 5 rings (SSSR count). The molecule has 0 amide bonds. The molecule has 4 aromatic carbocycles. The Morgan fingerprint density at radius 1 is 0.606 bits per heavy atom. The molecule has 0 saturated heterocycles. The molecule has 0 saturated carbocycles. The first-order chi connectivity index (χ1) is 16.2. The van der Waals surface area contributed by atoms with Crippen molar-refractivity contribution in [3.63, 3.8) is 0 Å². The highest BCUT2D eigenvalue weighted by Gasteiger charge is 2.50. The van der Waals surface area contributed by atoms with E-state index in [4.69, 9.17) is 29.8 Å². The summed E-state index contributed by atoms with van der Waals surface area (Å²) in [6.07, 6.45) is 0. The number of aromatic amines is 1. The number of H-pyrrole nitrogens is 1. The quantitative estimate of drug-likeness (QED) is 0.146. The molecule has 5 heteroatoms. The molecule has 0 aliphatic carbocycles. The van der Waals surface area contributed by atoms with Gasteiger partial charge in [-0.2, -0.15) is 0 Å². The summed E-state index contributed by atoms with van der Waals surface area (Å²) >= 11 is 11.0. The Morgan fingerprint density at radius 3 is 1.39 bits per heavy atom. The zero-order valence-electron chi connectivity index (χ0n) is 17.8. The van der Waals surface area contributed by atoms with Gasteiger partial charge in [0.2, 0.25) is 0 Å². The van der Waals surface area contributed by atoms with Gasteiger partial charge in [0.1, 0.15) is 34.0 Å². The molecule has 1 heterocycles. The summed E-state index contributed by atoms with van der Waals surface area (Å²) in [6, 6.07) is 41.9. The highest BCUT2D eigenvalue weighted by atomic mass is 32.1. The Bertz CT molecular complexity index is 1320. The molecule has 0 bridgehead atoms. The maximum absolute atomic E-state index is 6.06. The van der Waals surface area contributed by atoms with Gasteiger partial charge in [-0.25, -0.2) is 4.98 Å². The van der Waals surface area contributed by atoms with Gasteiger partial charge in [0.25, 0.3) is 0 Å². The van der Waals surface area contributed by atoms with Crippen LogP contribution in [-0.4, -0.2) is 9.97 Å². The summed E-state index contributed by atoms with van der Waals surface area (Å²) < 4.78 is 0.666. The van der Waals surface area contributed by atoms with Gasteiger partial charge in [-0.15, -0.1) is 12.6 Å². The molecule has 0 unspecified atom stereocenters. The molecule has 0 atom stereocenters. The third kappa shape index (κ3) is 3.95. The lowest BCUT2D eigenvalue weighted by Gasteiger charge is -2.28. The number of benzene rings is 4. The van der Waals surface area contributed by atoms with E-state index < -0.39 is 7.26 Å². The van der Waals surface area contributed by atoms with Crippen molar-refractivity contribution in [1.82, 2.24) is 9.97 Å². The van der Waals surface area contributed by atoms with Gasteiger partial charge in [0.15, 0.2) is 9.95 Å². The Labute approximate surface area is 205 Å². The summed E-state index contributed by atoms with van der Waals surface area (Å²) in [5, 5.41) is 5.27. The van der Waals surface area contributed by atoms with E-state index in [1.807, 2.05) is 48.5 Å². The normalized spacial score (nSPS) is 11.3. The van der Waals surface area contributed by atoms with Crippen LogP contribution in [0.5, 0.6) is 0 Å². The van der Waals surface area contributed by atoms with Crippen molar-refractivity contribution in [2.45, 2.75) is 5.03 Å². The summed E-state index contributed by atoms with van der Waals surface area (Å²) in [4.78, 5) is 8.35. The molecule has 0 radical (unpaired) electrons. The second-order valence-electron chi connectivity index (χ2n) is 7.63. The number of thiol groups is 1. The van der Waals surface area contributed by atoms with Gasteiger partial charge >= 0.3 is 0 Å². The van der Waals surface area contributed by atoms with Crippen molar-refractivity contribution in [2.24, 2.45) is 0 Å². The van der Waals surface area contributed by atoms with Crippen LogP contribution in [0.3, 0.4) is 0 Å². The van der Waals surface area contributed by atoms with E-state index in [9.17, 15) is 0 Å². The molecular formula is C28H22N2PS2+. The largest absolute Gasteiger partial charge is 0.327 e. The monoisotopic (exact) mass is 481 g/mol. The molecule has 1 aromatic heterocycles. The van der Waals surface area contributed by atoms with Gasteiger partial charge in [-0.3, -0.25) is 0 Å². The van der Waals surface area contributed by atoms with E-state index in [0.717, 1.165) is 16.7 Å². The summed E-state index contributed by atoms with van der Waals surface area (Å²) in [5.41, 5.74) is 0.980. The SMILES string of the molecule is S=c1[nH]c(-c2ccccc2)nc(S)c1[P+](c1ccccc1)(c1ccccc1)c1ccccc1. The van der Waals surface area contributed by atoms with Gasteiger partial charge in [0.05, 0.1) is 0 Å². The van der Waals surface area contributed by atoms with E-state index in [1.54, 1.807) is 0 Å². The van der Waals surface area contributed by atoms with Crippen LogP contribution in [0, 0.1) is 4.64 Å². The van der Waals surface area contributed by atoms with E-state index in [-0.39, 0.29) is 0 Å². The Morgan fingerprint density at radius 2 is 1.00 bits per heavy atom. The highest BCUT2D eigenvalue weighted by Crippen LogP contribution is 2.55. The smallest absolute Gasteiger partial charge is 0.176 e. The van der Waals surface area contributed by atoms with Crippen molar-refractivity contribution < 1.29 is 0 Å². The molecule has 0 spiro atoms. The number of nitrogens with one attached hydrogen (secondary N) is 1.